The summed E-state index contributed by atoms with van der Waals surface area (Å²) in [5, 5.41) is 22.7. The highest BCUT2D eigenvalue weighted by molar-refractivity contribution is 6.23. The van der Waals surface area contributed by atoms with Crippen LogP contribution in [0.4, 0.5) is 11.4 Å². The van der Waals surface area contributed by atoms with Gasteiger partial charge in [0.15, 0.2) is 0 Å². The molecular weight excluding hydrogens is 532 g/mol. The number of benzene rings is 3. The van der Waals surface area contributed by atoms with Crippen molar-refractivity contribution in [1.29, 1.82) is 0 Å². The highest BCUT2D eigenvalue weighted by Crippen LogP contribution is 2.27. The second-order valence-electron chi connectivity index (χ2n) is 8.33. The highest BCUT2D eigenvalue weighted by atomic mass is 16.6. The Bertz CT molecular complexity index is 1630. The van der Waals surface area contributed by atoms with Crippen molar-refractivity contribution in [3.8, 4) is 0 Å². The predicted octanol–water partition coefficient (Wildman–Crippen LogP) is 1.38. The third-order valence-corrected chi connectivity index (χ3v) is 5.98. The van der Waals surface area contributed by atoms with Crippen LogP contribution in [0.2, 0.25) is 0 Å². The lowest BCUT2D eigenvalue weighted by Gasteiger charge is -2.16. The zero-order valence-electron chi connectivity index (χ0n) is 19.6. The molecule has 0 spiro atoms. The van der Waals surface area contributed by atoms with E-state index in [4.69, 9.17) is 0 Å². The summed E-state index contributed by atoms with van der Waals surface area (Å²) in [7, 11) is 0. The van der Waals surface area contributed by atoms with Crippen LogP contribution in [0.15, 0.2) is 60.7 Å². The van der Waals surface area contributed by atoms with Crippen molar-refractivity contribution in [2.24, 2.45) is 0 Å². The van der Waals surface area contributed by atoms with E-state index >= 15 is 0 Å². The van der Waals surface area contributed by atoms with E-state index in [1.54, 1.807) is 0 Å². The van der Waals surface area contributed by atoms with Gasteiger partial charge in [0.25, 0.3) is 46.8 Å². The molecule has 3 aromatic rings. The summed E-state index contributed by atoms with van der Waals surface area (Å²) in [5.41, 5.74) is 2.05. The molecule has 3 aromatic carbocycles. The molecule has 2 heterocycles. The van der Waals surface area contributed by atoms with Crippen molar-refractivity contribution >= 4 is 46.8 Å². The number of nitro groups is 2. The molecule has 0 aromatic heterocycles. The SMILES string of the molecule is O=C(NN1C(=O)c2ccc([N+](=O)[O-])cc2C1=O)c1cccc(C(=O)NN2C(=O)c3ccc([N+](=O)[O-])cc3C2=O)c1. The van der Waals surface area contributed by atoms with Crippen LogP contribution in [-0.4, -0.2) is 55.3 Å². The van der Waals surface area contributed by atoms with E-state index in [0.29, 0.717) is 10.0 Å². The number of hydrogen-bond acceptors (Lipinski definition) is 10. The number of carbonyl (C=O) groups is 6. The lowest BCUT2D eigenvalue weighted by Crippen LogP contribution is -2.46. The number of carbonyl (C=O) groups excluding carboxylic acids is 6. The first-order valence-corrected chi connectivity index (χ1v) is 11.0. The number of imide groups is 2. The summed E-state index contributed by atoms with van der Waals surface area (Å²) in [6.07, 6.45) is 0. The van der Waals surface area contributed by atoms with Crippen molar-refractivity contribution in [3.05, 3.63) is 114 Å². The van der Waals surface area contributed by atoms with Gasteiger partial charge >= 0.3 is 0 Å². The van der Waals surface area contributed by atoms with Gasteiger partial charge in [-0.2, -0.15) is 10.0 Å². The first-order chi connectivity index (χ1) is 19.0. The van der Waals surface area contributed by atoms with Gasteiger partial charge in [-0.05, 0) is 30.3 Å². The van der Waals surface area contributed by atoms with Crippen LogP contribution in [-0.2, 0) is 0 Å². The number of amides is 6. The molecule has 0 saturated heterocycles. The van der Waals surface area contributed by atoms with Gasteiger partial charge in [0.2, 0.25) is 0 Å². The largest absolute Gasteiger partial charge is 0.280 e. The lowest BCUT2D eigenvalue weighted by molar-refractivity contribution is -0.385. The number of non-ortho nitro benzene ring substituents is 2. The number of nitro benzene ring substituents is 2. The molecule has 16 heteroatoms. The summed E-state index contributed by atoms with van der Waals surface area (Å²) in [6.45, 7) is 0. The average molecular weight is 544 g/mol. The number of fused-ring (bicyclic) bond motifs is 2. The average Bonchev–Trinajstić information content (AvgIpc) is 3.32. The predicted molar refractivity (Wildman–Crippen MR) is 129 cm³/mol. The maximum absolute atomic E-state index is 12.8. The van der Waals surface area contributed by atoms with Gasteiger partial charge in [0, 0.05) is 35.4 Å². The summed E-state index contributed by atoms with van der Waals surface area (Å²) in [6, 6.07) is 10.9. The third kappa shape index (κ3) is 4.06. The van der Waals surface area contributed by atoms with Crippen LogP contribution in [0.25, 0.3) is 0 Å². The molecule has 16 nitrogen and oxygen atoms in total. The van der Waals surface area contributed by atoms with E-state index in [1.807, 2.05) is 0 Å². The van der Waals surface area contributed by atoms with Gasteiger partial charge in [0.05, 0.1) is 32.1 Å². The van der Waals surface area contributed by atoms with Gasteiger partial charge in [-0.3, -0.25) is 59.8 Å². The lowest BCUT2D eigenvalue weighted by atomic mass is 10.1. The standard InChI is InChI=1S/C24H12N6O10/c31-19(25-27-21(33)15-6-4-13(29(37)38)9-17(15)23(27)35)11-2-1-3-12(8-11)20(32)26-28-22(34)16-7-5-14(30(39)40)10-18(16)24(28)36/h1-10H,(H,25,31)(H,26,32). The van der Waals surface area contributed by atoms with Crippen LogP contribution < -0.4 is 10.9 Å². The molecule has 2 N–H and O–H groups in total. The molecular formula is C24H12N6O10. The minimum absolute atomic E-state index is 0.157. The Morgan fingerprint density at radius 2 is 0.950 bits per heavy atom. The van der Waals surface area contributed by atoms with Gasteiger partial charge in [0.1, 0.15) is 0 Å². The summed E-state index contributed by atoms with van der Waals surface area (Å²) in [5.74, 6) is -5.85. The number of hydrogen-bond donors (Lipinski definition) is 2. The topological polar surface area (TPSA) is 219 Å². The maximum Gasteiger partial charge on any atom is 0.280 e. The van der Waals surface area contributed by atoms with Gasteiger partial charge < -0.3 is 0 Å². The molecule has 0 atom stereocenters. The first-order valence-electron chi connectivity index (χ1n) is 11.0. The zero-order chi connectivity index (χ0) is 28.9. The van der Waals surface area contributed by atoms with E-state index in [1.165, 1.54) is 18.2 Å². The third-order valence-electron chi connectivity index (χ3n) is 5.98. The van der Waals surface area contributed by atoms with Crippen LogP contribution in [0.3, 0.4) is 0 Å². The Labute approximate surface area is 221 Å². The summed E-state index contributed by atoms with van der Waals surface area (Å²) in [4.78, 5) is 96.5. The summed E-state index contributed by atoms with van der Waals surface area (Å²) < 4.78 is 0. The van der Waals surface area contributed by atoms with Gasteiger partial charge in [-0.25, -0.2) is 0 Å². The fourth-order valence-corrected chi connectivity index (χ4v) is 4.02. The number of nitrogens with one attached hydrogen (secondary N) is 2. The van der Waals surface area contributed by atoms with Crippen molar-refractivity contribution in [2.45, 2.75) is 0 Å². The van der Waals surface area contributed by atoms with Crippen molar-refractivity contribution in [3.63, 3.8) is 0 Å². The normalized spacial score (nSPS) is 13.7. The summed E-state index contributed by atoms with van der Waals surface area (Å²) >= 11 is 0. The van der Waals surface area contributed by atoms with Gasteiger partial charge in [-0.1, -0.05) is 6.07 Å². The molecule has 6 amide bonds. The Hall–Kier alpha value is -6.32. The molecule has 40 heavy (non-hydrogen) atoms. The van der Waals surface area contributed by atoms with Gasteiger partial charge in [-0.15, -0.1) is 0 Å². The molecule has 2 aliphatic rings. The Balaban J connectivity index is 1.31. The molecule has 198 valence electrons. The molecule has 0 bridgehead atoms. The second kappa shape index (κ2) is 9.21. The Kier molecular flexibility index (Phi) is 5.83. The van der Waals surface area contributed by atoms with Crippen LogP contribution in [0.1, 0.15) is 62.1 Å². The number of rotatable bonds is 6. The quantitative estimate of drug-likeness (QED) is 0.258. The fraction of sp³-hybridized carbons (Fsp3) is 0. The van der Waals surface area contributed by atoms with Crippen molar-refractivity contribution < 1.29 is 38.6 Å². The smallest absolute Gasteiger partial charge is 0.267 e. The molecule has 0 unspecified atom stereocenters. The molecule has 0 radical (unpaired) electrons. The minimum Gasteiger partial charge on any atom is -0.267 e. The monoisotopic (exact) mass is 544 g/mol. The molecule has 0 saturated carbocycles. The zero-order valence-corrected chi connectivity index (χ0v) is 19.6. The van der Waals surface area contributed by atoms with Crippen molar-refractivity contribution in [2.75, 3.05) is 0 Å². The second-order valence-corrected chi connectivity index (χ2v) is 8.33. The highest BCUT2D eigenvalue weighted by Gasteiger charge is 2.39. The fourth-order valence-electron chi connectivity index (χ4n) is 4.02. The number of hydrazine groups is 2. The number of nitrogens with zero attached hydrogens (tertiary/aromatic N) is 4. The van der Waals surface area contributed by atoms with Crippen LogP contribution in [0, 0.1) is 20.2 Å². The van der Waals surface area contributed by atoms with Crippen LogP contribution >= 0.6 is 0 Å². The molecule has 0 aliphatic carbocycles. The van der Waals surface area contributed by atoms with E-state index in [0.717, 1.165) is 42.5 Å². The van der Waals surface area contributed by atoms with E-state index in [2.05, 4.69) is 10.9 Å². The minimum atomic E-state index is -1.00. The molecule has 2 aliphatic heterocycles. The van der Waals surface area contributed by atoms with Crippen LogP contribution in [0.5, 0.6) is 0 Å². The Morgan fingerprint density at radius 3 is 1.32 bits per heavy atom. The maximum atomic E-state index is 12.8. The van der Waals surface area contributed by atoms with E-state index in [-0.39, 0.29) is 33.4 Å². The Morgan fingerprint density at radius 1 is 0.575 bits per heavy atom. The van der Waals surface area contributed by atoms with E-state index in [9.17, 15) is 49.0 Å². The first kappa shape index (κ1) is 25.3. The molecule has 0 fully saturated rings. The van der Waals surface area contributed by atoms with E-state index < -0.39 is 56.7 Å². The molecule has 5 rings (SSSR count). The van der Waals surface area contributed by atoms with Crippen molar-refractivity contribution in [1.82, 2.24) is 20.9 Å².